The van der Waals surface area contributed by atoms with E-state index in [0.717, 1.165) is 5.57 Å². The van der Waals surface area contributed by atoms with Gasteiger partial charge in [0.05, 0.1) is 6.61 Å². The molecule has 0 radical (unpaired) electrons. The number of rotatable bonds is 5. The van der Waals surface area contributed by atoms with Crippen molar-refractivity contribution in [3.8, 4) is 0 Å². The summed E-state index contributed by atoms with van der Waals surface area (Å²) in [4.78, 5) is 12.5. The molecular formula is C25H30O4Si. The van der Waals surface area contributed by atoms with Crippen LogP contribution in [0.1, 0.15) is 34.6 Å². The Labute approximate surface area is 180 Å². The highest BCUT2D eigenvalue weighted by Crippen LogP contribution is 2.40. The van der Waals surface area contributed by atoms with Crippen molar-refractivity contribution in [1.29, 1.82) is 0 Å². The molecule has 1 aliphatic heterocycles. The van der Waals surface area contributed by atoms with Gasteiger partial charge in [-0.1, -0.05) is 81.4 Å². The van der Waals surface area contributed by atoms with Gasteiger partial charge in [0.25, 0.3) is 8.32 Å². The van der Waals surface area contributed by atoms with Gasteiger partial charge < -0.3 is 13.9 Å². The molecule has 0 bridgehead atoms. The molecule has 4 nitrogen and oxygen atoms in total. The maximum atomic E-state index is 12.5. The normalized spacial score (nSPS) is 23.4. The highest BCUT2D eigenvalue weighted by atomic mass is 28.4. The minimum Gasteiger partial charge on any atom is -0.403 e. The summed E-state index contributed by atoms with van der Waals surface area (Å²) in [7, 11) is -2.67. The Hall–Kier alpha value is -2.05. The monoisotopic (exact) mass is 422 g/mol. The highest BCUT2D eigenvalue weighted by Gasteiger charge is 2.53. The van der Waals surface area contributed by atoms with E-state index in [0.29, 0.717) is 6.61 Å². The lowest BCUT2D eigenvalue weighted by atomic mass is 10.2. The number of carbonyl (C=O) groups excluding carboxylic acids is 1. The second-order valence-electron chi connectivity index (χ2n) is 9.55. The Morgan fingerprint density at radius 3 is 1.90 bits per heavy atom. The van der Waals surface area contributed by atoms with Crippen LogP contribution in [0.15, 0.2) is 72.3 Å². The largest absolute Gasteiger partial charge is 0.403 e. The van der Waals surface area contributed by atoms with Crippen LogP contribution < -0.4 is 10.4 Å². The molecule has 0 spiro atoms. The smallest absolute Gasteiger partial charge is 0.261 e. The van der Waals surface area contributed by atoms with Gasteiger partial charge in [0.15, 0.2) is 17.7 Å². The molecule has 5 heteroatoms. The minimum atomic E-state index is -2.67. The van der Waals surface area contributed by atoms with Crippen molar-refractivity contribution in [3.63, 3.8) is 0 Å². The second-order valence-corrected chi connectivity index (χ2v) is 13.9. The van der Waals surface area contributed by atoms with Gasteiger partial charge in [-0.25, -0.2) is 0 Å². The SMILES string of the molecule is CC1(C)OC2C(CO[Si](c3ccccc3)(c3ccccc3)C(C)(C)C)=CC(=O)[C@@H]2O1. The summed E-state index contributed by atoms with van der Waals surface area (Å²) in [6, 6.07) is 21.0. The lowest BCUT2D eigenvalue weighted by Crippen LogP contribution is -2.66. The van der Waals surface area contributed by atoms with Crippen LogP contribution in [0.5, 0.6) is 0 Å². The molecule has 1 aliphatic carbocycles. The Morgan fingerprint density at radius 2 is 1.40 bits per heavy atom. The van der Waals surface area contributed by atoms with E-state index in [-0.39, 0.29) is 16.9 Å². The zero-order chi connectivity index (χ0) is 21.6. The van der Waals surface area contributed by atoms with Crippen LogP contribution in [0.4, 0.5) is 0 Å². The molecule has 1 fully saturated rings. The molecule has 2 atom stereocenters. The van der Waals surface area contributed by atoms with Crippen LogP contribution >= 0.6 is 0 Å². The molecule has 1 heterocycles. The van der Waals surface area contributed by atoms with E-state index in [1.165, 1.54) is 10.4 Å². The molecule has 0 amide bonds. The third-order valence-electron chi connectivity index (χ3n) is 5.94. The molecule has 2 aromatic carbocycles. The first-order chi connectivity index (χ1) is 14.1. The topological polar surface area (TPSA) is 44.8 Å². The van der Waals surface area contributed by atoms with Gasteiger partial charge in [-0.2, -0.15) is 0 Å². The molecule has 1 unspecified atom stereocenters. The van der Waals surface area contributed by atoms with Gasteiger partial charge in [-0.3, -0.25) is 4.79 Å². The lowest BCUT2D eigenvalue weighted by molar-refractivity contribution is -0.153. The summed E-state index contributed by atoms with van der Waals surface area (Å²) in [5, 5.41) is 2.31. The Balaban J connectivity index is 1.73. The standard InChI is InChI=1S/C25H30O4Si/c1-24(2,3)30(19-12-8-6-9-13-19,20-14-10-7-11-15-20)27-17-18-16-21(26)23-22(18)28-25(4,5)29-23/h6-16,22-23H,17H2,1-5H3/t22?,23-/m0/s1. The summed E-state index contributed by atoms with van der Waals surface area (Å²) < 4.78 is 18.8. The summed E-state index contributed by atoms with van der Waals surface area (Å²) in [6.07, 6.45) is 0.728. The molecule has 0 saturated carbocycles. The average Bonchev–Trinajstić information content (AvgIpc) is 3.17. The number of hydrogen-bond acceptors (Lipinski definition) is 4. The van der Waals surface area contributed by atoms with E-state index in [4.69, 9.17) is 13.9 Å². The predicted molar refractivity (Wildman–Crippen MR) is 120 cm³/mol. The summed E-state index contributed by atoms with van der Waals surface area (Å²) in [5.74, 6) is -0.798. The summed E-state index contributed by atoms with van der Waals surface area (Å²) in [6.45, 7) is 10.8. The average molecular weight is 423 g/mol. The number of ether oxygens (including phenoxy) is 2. The first-order valence-corrected chi connectivity index (χ1v) is 12.4. The van der Waals surface area contributed by atoms with Crippen molar-refractivity contribution in [1.82, 2.24) is 0 Å². The fraction of sp³-hybridized carbons (Fsp3) is 0.400. The molecule has 0 N–H and O–H groups in total. The zero-order valence-electron chi connectivity index (χ0n) is 18.3. The van der Waals surface area contributed by atoms with Crippen LogP contribution in [0, 0.1) is 0 Å². The van der Waals surface area contributed by atoms with E-state index in [2.05, 4.69) is 69.3 Å². The van der Waals surface area contributed by atoms with E-state index in [9.17, 15) is 4.79 Å². The first-order valence-electron chi connectivity index (χ1n) is 10.5. The van der Waals surface area contributed by atoms with Gasteiger partial charge in [-0.05, 0) is 40.9 Å². The van der Waals surface area contributed by atoms with E-state index in [1.807, 2.05) is 26.0 Å². The number of carbonyl (C=O) groups is 1. The van der Waals surface area contributed by atoms with E-state index < -0.39 is 20.2 Å². The molecule has 1 saturated heterocycles. The fourth-order valence-electron chi connectivity index (χ4n) is 4.66. The van der Waals surface area contributed by atoms with Crippen LogP contribution in [-0.2, 0) is 18.7 Å². The van der Waals surface area contributed by atoms with Gasteiger partial charge in [0.2, 0.25) is 0 Å². The Morgan fingerprint density at radius 1 is 0.900 bits per heavy atom. The van der Waals surface area contributed by atoms with Crippen molar-refractivity contribution in [2.24, 2.45) is 0 Å². The van der Waals surface area contributed by atoms with Gasteiger partial charge >= 0.3 is 0 Å². The van der Waals surface area contributed by atoms with Crippen molar-refractivity contribution in [2.75, 3.05) is 6.61 Å². The first kappa shape index (κ1) is 21.2. The zero-order valence-corrected chi connectivity index (χ0v) is 19.3. The number of hydrogen-bond donors (Lipinski definition) is 0. The summed E-state index contributed by atoms with van der Waals surface area (Å²) >= 11 is 0. The lowest BCUT2D eigenvalue weighted by Gasteiger charge is -2.43. The Kier molecular flexibility index (Phi) is 5.35. The maximum absolute atomic E-state index is 12.5. The van der Waals surface area contributed by atoms with Crippen molar-refractivity contribution in [3.05, 3.63) is 72.3 Å². The second kappa shape index (κ2) is 7.57. The van der Waals surface area contributed by atoms with Gasteiger partial charge in [0, 0.05) is 0 Å². The molecule has 2 aromatic rings. The van der Waals surface area contributed by atoms with Crippen molar-refractivity contribution >= 4 is 24.5 Å². The van der Waals surface area contributed by atoms with Gasteiger partial charge in [0.1, 0.15) is 6.10 Å². The van der Waals surface area contributed by atoms with E-state index >= 15 is 0 Å². The minimum absolute atomic E-state index is 0.0355. The van der Waals surface area contributed by atoms with Gasteiger partial charge in [-0.15, -0.1) is 0 Å². The fourth-order valence-corrected chi connectivity index (χ4v) is 9.20. The molecule has 4 rings (SSSR count). The molecular weight excluding hydrogens is 392 g/mol. The third-order valence-corrected chi connectivity index (χ3v) is 10.9. The predicted octanol–water partition coefficient (Wildman–Crippen LogP) is 3.59. The number of fused-ring (bicyclic) bond motifs is 1. The summed E-state index contributed by atoms with van der Waals surface area (Å²) in [5.41, 5.74) is 0.864. The van der Waals surface area contributed by atoms with Crippen LogP contribution in [-0.4, -0.2) is 38.7 Å². The van der Waals surface area contributed by atoms with Crippen LogP contribution in [0.3, 0.4) is 0 Å². The van der Waals surface area contributed by atoms with Crippen molar-refractivity contribution in [2.45, 2.75) is 57.7 Å². The van der Waals surface area contributed by atoms with Crippen LogP contribution in [0.25, 0.3) is 0 Å². The molecule has 30 heavy (non-hydrogen) atoms. The maximum Gasteiger partial charge on any atom is 0.261 e. The highest BCUT2D eigenvalue weighted by molar-refractivity contribution is 6.99. The molecule has 2 aliphatic rings. The number of ketones is 1. The van der Waals surface area contributed by atoms with E-state index in [1.54, 1.807) is 6.08 Å². The third kappa shape index (κ3) is 3.60. The van der Waals surface area contributed by atoms with Crippen molar-refractivity contribution < 1.29 is 18.7 Å². The Bertz CT molecular complexity index is 905. The molecule has 158 valence electrons. The quantitative estimate of drug-likeness (QED) is 0.691. The molecule has 0 aromatic heterocycles. The number of benzene rings is 2. The van der Waals surface area contributed by atoms with Crippen LogP contribution in [0.2, 0.25) is 5.04 Å².